The molecule has 1 aromatic carbocycles. The van der Waals surface area contributed by atoms with Gasteiger partial charge in [0.05, 0.1) is 0 Å². The monoisotopic (exact) mass is 259 g/mol. The molecule has 1 nitrogen and oxygen atoms in total. The SMILES string of the molecule is CNCC(C)Cc1cc(Br)ccc1F. The summed E-state index contributed by atoms with van der Waals surface area (Å²) in [6, 6.07) is 5.08. The molecule has 1 N–H and O–H groups in total. The van der Waals surface area contributed by atoms with Crippen LogP contribution in [-0.2, 0) is 6.42 Å². The van der Waals surface area contributed by atoms with Gasteiger partial charge >= 0.3 is 0 Å². The zero-order valence-corrected chi connectivity index (χ0v) is 10.1. The molecular formula is C11H15BrFN. The number of rotatable bonds is 4. The third-order valence-electron chi connectivity index (χ3n) is 2.13. The minimum atomic E-state index is -0.115. The highest BCUT2D eigenvalue weighted by Crippen LogP contribution is 2.18. The van der Waals surface area contributed by atoms with Crippen LogP contribution < -0.4 is 5.32 Å². The minimum Gasteiger partial charge on any atom is -0.319 e. The lowest BCUT2D eigenvalue weighted by molar-refractivity contribution is 0.520. The van der Waals surface area contributed by atoms with Gasteiger partial charge in [-0.25, -0.2) is 4.39 Å². The van der Waals surface area contributed by atoms with E-state index in [0.29, 0.717) is 5.92 Å². The maximum Gasteiger partial charge on any atom is 0.126 e. The van der Waals surface area contributed by atoms with E-state index in [1.165, 1.54) is 6.07 Å². The highest BCUT2D eigenvalue weighted by molar-refractivity contribution is 9.10. The summed E-state index contributed by atoms with van der Waals surface area (Å²) in [5, 5.41) is 3.09. The summed E-state index contributed by atoms with van der Waals surface area (Å²) in [5.74, 6) is 0.333. The van der Waals surface area contributed by atoms with E-state index in [2.05, 4.69) is 28.2 Å². The van der Waals surface area contributed by atoms with Gasteiger partial charge in [0, 0.05) is 4.47 Å². The predicted molar refractivity (Wildman–Crippen MR) is 60.9 cm³/mol. The lowest BCUT2D eigenvalue weighted by Crippen LogP contribution is -2.18. The lowest BCUT2D eigenvalue weighted by Gasteiger charge is -2.11. The van der Waals surface area contributed by atoms with Crippen LogP contribution in [0.1, 0.15) is 12.5 Å². The first kappa shape index (κ1) is 11.7. The molecular weight excluding hydrogens is 245 g/mol. The van der Waals surface area contributed by atoms with Crippen LogP contribution in [0.2, 0.25) is 0 Å². The van der Waals surface area contributed by atoms with Gasteiger partial charge in [0.1, 0.15) is 5.82 Å². The molecule has 14 heavy (non-hydrogen) atoms. The molecule has 1 unspecified atom stereocenters. The molecule has 0 aliphatic heterocycles. The Morgan fingerprint density at radius 3 is 2.86 bits per heavy atom. The van der Waals surface area contributed by atoms with Crippen molar-refractivity contribution in [2.45, 2.75) is 13.3 Å². The molecule has 0 fully saturated rings. The summed E-state index contributed by atoms with van der Waals surface area (Å²) in [6.45, 7) is 3.02. The second kappa shape index (κ2) is 5.47. The van der Waals surface area contributed by atoms with Crippen molar-refractivity contribution in [1.29, 1.82) is 0 Å². The second-order valence-corrected chi connectivity index (χ2v) is 4.52. The Bertz CT molecular complexity index is 301. The maximum atomic E-state index is 13.3. The zero-order chi connectivity index (χ0) is 10.6. The van der Waals surface area contributed by atoms with Crippen molar-refractivity contribution < 1.29 is 4.39 Å². The molecule has 78 valence electrons. The Labute approximate surface area is 92.8 Å². The van der Waals surface area contributed by atoms with Crippen LogP contribution in [-0.4, -0.2) is 13.6 Å². The van der Waals surface area contributed by atoms with Gasteiger partial charge in [0.25, 0.3) is 0 Å². The van der Waals surface area contributed by atoms with Crippen molar-refractivity contribution in [2.24, 2.45) is 5.92 Å². The van der Waals surface area contributed by atoms with E-state index in [4.69, 9.17) is 0 Å². The summed E-state index contributed by atoms with van der Waals surface area (Å²) >= 11 is 3.34. The minimum absolute atomic E-state index is 0.115. The van der Waals surface area contributed by atoms with Crippen LogP contribution in [0.4, 0.5) is 4.39 Å². The van der Waals surface area contributed by atoms with Crippen molar-refractivity contribution in [3.63, 3.8) is 0 Å². The summed E-state index contributed by atoms with van der Waals surface area (Å²) in [4.78, 5) is 0. The van der Waals surface area contributed by atoms with Gasteiger partial charge in [-0.1, -0.05) is 22.9 Å². The van der Waals surface area contributed by atoms with E-state index in [1.54, 1.807) is 6.07 Å². The Kier molecular flexibility index (Phi) is 4.55. The first-order valence-electron chi connectivity index (χ1n) is 4.72. The number of halogens is 2. The topological polar surface area (TPSA) is 12.0 Å². The normalized spacial score (nSPS) is 12.9. The standard InChI is InChI=1S/C11H15BrFN/c1-8(7-14-2)5-9-6-10(12)3-4-11(9)13/h3-4,6,8,14H,5,7H2,1-2H3. The predicted octanol–water partition coefficient (Wildman–Crippen LogP) is 2.99. The molecule has 0 spiro atoms. The first-order valence-corrected chi connectivity index (χ1v) is 5.51. The summed E-state index contributed by atoms with van der Waals surface area (Å²) in [5.41, 5.74) is 0.780. The average molecular weight is 260 g/mol. The van der Waals surface area contributed by atoms with E-state index in [1.807, 2.05) is 13.1 Å². The number of hydrogen-bond acceptors (Lipinski definition) is 1. The summed E-state index contributed by atoms with van der Waals surface area (Å²) in [6.07, 6.45) is 0.770. The molecule has 0 aliphatic rings. The number of hydrogen-bond donors (Lipinski definition) is 1. The van der Waals surface area contributed by atoms with Gasteiger partial charge in [-0.05, 0) is 49.7 Å². The number of nitrogens with one attached hydrogen (secondary N) is 1. The van der Waals surface area contributed by atoms with Crippen molar-refractivity contribution >= 4 is 15.9 Å². The highest BCUT2D eigenvalue weighted by Gasteiger charge is 2.07. The van der Waals surface area contributed by atoms with Crippen LogP contribution in [0.15, 0.2) is 22.7 Å². The Balaban J connectivity index is 2.70. The fraction of sp³-hybridized carbons (Fsp3) is 0.455. The van der Waals surface area contributed by atoms with E-state index >= 15 is 0 Å². The molecule has 0 saturated carbocycles. The highest BCUT2D eigenvalue weighted by atomic mass is 79.9. The number of benzene rings is 1. The Hall–Kier alpha value is -0.410. The summed E-state index contributed by atoms with van der Waals surface area (Å²) < 4.78 is 14.3. The third kappa shape index (κ3) is 3.39. The molecule has 1 atom stereocenters. The first-order chi connectivity index (χ1) is 6.63. The van der Waals surface area contributed by atoms with Crippen LogP contribution >= 0.6 is 15.9 Å². The van der Waals surface area contributed by atoms with Crippen LogP contribution in [0, 0.1) is 11.7 Å². The van der Waals surface area contributed by atoms with Gasteiger partial charge < -0.3 is 5.32 Å². The van der Waals surface area contributed by atoms with Crippen molar-refractivity contribution in [3.8, 4) is 0 Å². The second-order valence-electron chi connectivity index (χ2n) is 3.60. The molecule has 0 amide bonds. The van der Waals surface area contributed by atoms with Gasteiger partial charge in [-0.15, -0.1) is 0 Å². The maximum absolute atomic E-state index is 13.3. The lowest BCUT2D eigenvalue weighted by atomic mass is 10.0. The van der Waals surface area contributed by atoms with Gasteiger partial charge in [0.15, 0.2) is 0 Å². The van der Waals surface area contributed by atoms with E-state index in [0.717, 1.165) is 23.0 Å². The third-order valence-corrected chi connectivity index (χ3v) is 2.62. The molecule has 1 rings (SSSR count). The Morgan fingerprint density at radius 1 is 1.50 bits per heavy atom. The van der Waals surface area contributed by atoms with Crippen LogP contribution in [0.5, 0.6) is 0 Å². The van der Waals surface area contributed by atoms with Gasteiger partial charge in [-0.3, -0.25) is 0 Å². The summed E-state index contributed by atoms with van der Waals surface area (Å²) in [7, 11) is 1.91. The van der Waals surface area contributed by atoms with Crippen LogP contribution in [0.25, 0.3) is 0 Å². The van der Waals surface area contributed by atoms with E-state index < -0.39 is 0 Å². The van der Waals surface area contributed by atoms with Crippen molar-refractivity contribution in [2.75, 3.05) is 13.6 Å². The van der Waals surface area contributed by atoms with E-state index in [9.17, 15) is 4.39 Å². The molecule has 0 saturated heterocycles. The van der Waals surface area contributed by atoms with Gasteiger partial charge in [0.2, 0.25) is 0 Å². The quantitative estimate of drug-likeness (QED) is 0.877. The van der Waals surface area contributed by atoms with Crippen LogP contribution in [0.3, 0.4) is 0 Å². The fourth-order valence-corrected chi connectivity index (χ4v) is 1.90. The molecule has 3 heteroatoms. The average Bonchev–Trinajstić information content (AvgIpc) is 2.12. The Morgan fingerprint density at radius 2 is 2.21 bits per heavy atom. The van der Waals surface area contributed by atoms with Gasteiger partial charge in [-0.2, -0.15) is 0 Å². The van der Waals surface area contributed by atoms with Crippen molar-refractivity contribution in [3.05, 3.63) is 34.1 Å². The molecule has 0 aliphatic carbocycles. The fourth-order valence-electron chi connectivity index (χ4n) is 1.50. The van der Waals surface area contributed by atoms with Crippen molar-refractivity contribution in [1.82, 2.24) is 5.32 Å². The molecule has 0 aromatic heterocycles. The van der Waals surface area contributed by atoms with E-state index in [-0.39, 0.29) is 5.82 Å². The molecule has 0 radical (unpaired) electrons. The molecule has 0 heterocycles. The molecule has 0 bridgehead atoms. The molecule has 1 aromatic rings. The smallest absolute Gasteiger partial charge is 0.126 e. The largest absolute Gasteiger partial charge is 0.319 e. The zero-order valence-electron chi connectivity index (χ0n) is 8.48.